The zero-order valence-electron chi connectivity index (χ0n) is 12.5. The van der Waals surface area contributed by atoms with Crippen LogP contribution < -0.4 is 5.56 Å². The highest BCUT2D eigenvalue weighted by Crippen LogP contribution is 2.19. The van der Waals surface area contributed by atoms with Gasteiger partial charge >= 0.3 is 0 Å². The summed E-state index contributed by atoms with van der Waals surface area (Å²) in [5.41, 5.74) is 1.84. The van der Waals surface area contributed by atoms with E-state index in [1.54, 1.807) is 11.3 Å². The van der Waals surface area contributed by atoms with Gasteiger partial charge in [-0.1, -0.05) is 6.92 Å². The smallest absolute Gasteiger partial charge is 0.255 e. The third kappa shape index (κ3) is 3.22. The van der Waals surface area contributed by atoms with E-state index in [2.05, 4.69) is 33.7 Å². The van der Waals surface area contributed by atoms with Crippen LogP contribution in [-0.4, -0.2) is 26.4 Å². The van der Waals surface area contributed by atoms with Gasteiger partial charge in [-0.05, 0) is 13.3 Å². The van der Waals surface area contributed by atoms with Crippen LogP contribution in [-0.2, 0) is 25.9 Å². The lowest BCUT2D eigenvalue weighted by atomic mass is 10.1. The van der Waals surface area contributed by atoms with Crippen LogP contribution in [0.25, 0.3) is 0 Å². The predicted octanol–water partition coefficient (Wildman–Crippen LogP) is 2.05. The lowest BCUT2D eigenvalue weighted by molar-refractivity contribution is 0.241. The summed E-state index contributed by atoms with van der Waals surface area (Å²) in [4.78, 5) is 27.7. The molecule has 21 heavy (non-hydrogen) atoms. The number of nitrogens with zero attached hydrogens (tertiary/aromatic N) is 3. The maximum absolute atomic E-state index is 12.2. The summed E-state index contributed by atoms with van der Waals surface area (Å²) in [6.45, 7) is 6.58. The largest absolute Gasteiger partial charge is 0.310 e. The number of H-pyrrole nitrogens is 1. The molecule has 2 aromatic rings. The highest BCUT2D eigenvalue weighted by Gasteiger charge is 2.21. The number of aromatic nitrogens is 3. The molecule has 0 aliphatic carbocycles. The lowest BCUT2D eigenvalue weighted by Crippen LogP contribution is -2.35. The second-order valence-electron chi connectivity index (χ2n) is 5.51. The highest BCUT2D eigenvalue weighted by molar-refractivity contribution is 7.11. The average Bonchev–Trinajstić information content (AvgIpc) is 2.85. The summed E-state index contributed by atoms with van der Waals surface area (Å²) in [6.07, 6.45) is 4.59. The van der Waals surface area contributed by atoms with Crippen molar-refractivity contribution in [3.63, 3.8) is 0 Å². The van der Waals surface area contributed by atoms with E-state index < -0.39 is 0 Å². The Balaban J connectivity index is 1.77. The van der Waals surface area contributed by atoms with Crippen LogP contribution in [0.4, 0.5) is 0 Å². The van der Waals surface area contributed by atoms with Crippen molar-refractivity contribution < 1.29 is 0 Å². The second-order valence-corrected chi connectivity index (χ2v) is 6.83. The molecule has 0 saturated heterocycles. The van der Waals surface area contributed by atoms with E-state index >= 15 is 0 Å². The van der Waals surface area contributed by atoms with Gasteiger partial charge in [0.15, 0.2) is 0 Å². The zero-order chi connectivity index (χ0) is 14.8. The Kier molecular flexibility index (Phi) is 4.17. The quantitative estimate of drug-likeness (QED) is 0.939. The van der Waals surface area contributed by atoms with Crippen molar-refractivity contribution in [2.75, 3.05) is 6.54 Å². The standard InChI is InChI=1S/C15H20N4OS/c1-3-4-13-17-12-5-6-19(8-11(12)15(20)18-13)9-14-16-7-10(2)21-14/h7H,3-6,8-9H2,1-2H3,(H,17,18,20). The highest BCUT2D eigenvalue weighted by atomic mass is 32.1. The van der Waals surface area contributed by atoms with E-state index in [1.165, 1.54) is 4.88 Å². The molecule has 3 rings (SSSR count). The van der Waals surface area contributed by atoms with Crippen molar-refractivity contribution in [2.45, 2.75) is 46.2 Å². The van der Waals surface area contributed by atoms with Gasteiger partial charge in [-0.2, -0.15) is 0 Å². The van der Waals surface area contributed by atoms with Gasteiger partial charge in [-0.15, -0.1) is 11.3 Å². The van der Waals surface area contributed by atoms with E-state index in [4.69, 9.17) is 0 Å². The minimum Gasteiger partial charge on any atom is -0.310 e. The summed E-state index contributed by atoms with van der Waals surface area (Å²) in [5, 5.41) is 1.11. The molecule has 0 amide bonds. The maximum atomic E-state index is 12.2. The van der Waals surface area contributed by atoms with Crippen molar-refractivity contribution in [1.29, 1.82) is 0 Å². The van der Waals surface area contributed by atoms with Crippen LogP contribution in [0.1, 0.15) is 40.3 Å². The lowest BCUT2D eigenvalue weighted by Gasteiger charge is -2.26. The van der Waals surface area contributed by atoms with Gasteiger partial charge in [0, 0.05) is 37.0 Å². The Bertz CT molecular complexity index is 691. The second kappa shape index (κ2) is 6.07. The number of hydrogen-bond donors (Lipinski definition) is 1. The Morgan fingerprint density at radius 3 is 3.05 bits per heavy atom. The first kappa shape index (κ1) is 14.4. The van der Waals surface area contributed by atoms with Crippen LogP contribution in [0, 0.1) is 6.92 Å². The molecule has 5 nitrogen and oxygen atoms in total. The molecule has 1 aliphatic heterocycles. The molecular weight excluding hydrogens is 284 g/mol. The third-order valence-electron chi connectivity index (χ3n) is 3.71. The van der Waals surface area contributed by atoms with Gasteiger partial charge in [-0.25, -0.2) is 9.97 Å². The first-order valence-corrected chi connectivity index (χ1v) is 8.22. The topological polar surface area (TPSA) is 61.9 Å². The number of rotatable bonds is 4. The minimum absolute atomic E-state index is 0.0310. The van der Waals surface area contributed by atoms with E-state index in [1.807, 2.05) is 6.20 Å². The Morgan fingerprint density at radius 1 is 1.48 bits per heavy atom. The fourth-order valence-corrected chi connectivity index (χ4v) is 3.52. The van der Waals surface area contributed by atoms with Crippen LogP contribution in [0.2, 0.25) is 0 Å². The molecule has 0 bridgehead atoms. The third-order valence-corrected chi connectivity index (χ3v) is 4.61. The summed E-state index contributed by atoms with van der Waals surface area (Å²) < 4.78 is 0. The van der Waals surface area contributed by atoms with Crippen LogP contribution in [0.15, 0.2) is 11.0 Å². The van der Waals surface area contributed by atoms with Gasteiger partial charge in [-0.3, -0.25) is 9.69 Å². The van der Waals surface area contributed by atoms with Gasteiger partial charge in [0.05, 0.1) is 17.8 Å². The molecule has 0 fully saturated rings. The van der Waals surface area contributed by atoms with E-state index in [-0.39, 0.29) is 5.56 Å². The first-order valence-electron chi connectivity index (χ1n) is 7.40. The van der Waals surface area contributed by atoms with Gasteiger partial charge < -0.3 is 4.98 Å². The number of nitrogens with one attached hydrogen (secondary N) is 1. The fraction of sp³-hybridized carbons (Fsp3) is 0.533. The van der Waals surface area contributed by atoms with Crippen molar-refractivity contribution in [3.05, 3.63) is 43.5 Å². The number of aryl methyl sites for hydroxylation is 2. The molecule has 112 valence electrons. The maximum Gasteiger partial charge on any atom is 0.255 e. The number of fused-ring (bicyclic) bond motifs is 1. The molecule has 0 saturated carbocycles. The number of aromatic amines is 1. The number of hydrogen-bond acceptors (Lipinski definition) is 5. The van der Waals surface area contributed by atoms with Crippen molar-refractivity contribution in [2.24, 2.45) is 0 Å². The molecule has 0 aromatic carbocycles. The average molecular weight is 304 g/mol. The summed E-state index contributed by atoms with van der Waals surface area (Å²) in [5.74, 6) is 0.824. The minimum atomic E-state index is 0.0310. The molecule has 0 radical (unpaired) electrons. The molecule has 3 heterocycles. The van der Waals surface area contributed by atoms with E-state index in [0.29, 0.717) is 6.54 Å². The molecule has 2 aromatic heterocycles. The van der Waals surface area contributed by atoms with Gasteiger partial charge in [0.25, 0.3) is 5.56 Å². The molecular formula is C15H20N4OS. The summed E-state index contributed by atoms with van der Waals surface area (Å²) in [6, 6.07) is 0. The zero-order valence-corrected chi connectivity index (χ0v) is 13.3. The van der Waals surface area contributed by atoms with E-state index in [0.717, 1.165) is 54.4 Å². The van der Waals surface area contributed by atoms with Gasteiger partial charge in [0.2, 0.25) is 0 Å². The summed E-state index contributed by atoms with van der Waals surface area (Å²) >= 11 is 1.72. The molecule has 0 spiro atoms. The first-order chi connectivity index (χ1) is 10.2. The van der Waals surface area contributed by atoms with Gasteiger partial charge in [0.1, 0.15) is 10.8 Å². The van der Waals surface area contributed by atoms with Crippen LogP contribution >= 0.6 is 11.3 Å². The predicted molar refractivity (Wildman–Crippen MR) is 83.5 cm³/mol. The number of thiazole rings is 1. The molecule has 1 aliphatic rings. The molecule has 6 heteroatoms. The molecule has 0 atom stereocenters. The van der Waals surface area contributed by atoms with Crippen molar-refractivity contribution in [1.82, 2.24) is 19.9 Å². The van der Waals surface area contributed by atoms with Crippen LogP contribution in [0.5, 0.6) is 0 Å². The Hall–Kier alpha value is -1.53. The molecule has 1 N–H and O–H groups in total. The Labute approximate surface area is 128 Å². The monoisotopic (exact) mass is 304 g/mol. The fourth-order valence-electron chi connectivity index (χ4n) is 2.69. The Morgan fingerprint density at radius 2 is 2.33 bits per heavy atom. The van der Waals surface area contributed by atoms with Crippen LogP contribution in [0.3, 0.4) is 0 Å². The SMILES string of the molecule is CCCc1nc2c(c(=O)[nH]1)CN(Cc1ncc(C)s1)CC2. The molecule has 0 unspecified atom stereocenters. The van der Waals surface area contributed by atoms with Crippen molar-refractivity contribution in [3.8, 4) is 0 Å². The normalized spacial score (nSPS) is 15.1. The van der Waals surface area contributed by atoms with Crippen molar-refractivity contribution >= 4 is 11.3 Å². The summed E-state index contributed by atoms with van der Waals surface area (Å²) in [7, 11) is 0. The van der Waals surface area contributed by atoms with E-state index in [9.17, 15) is 4.79 Å².